The maximum atomic E-state index is 12.9. The molecule has 1 saturated heterocycles. The molecule has 1 heterocycles. The van der Waals surface area contributed by atoms with Crippen molar-refractivity contribution in [3.05, 3.63) is 0 Å². The first kappa shape index (κ1) is 20.3. The summed E-state index contributed by atoms with van der Waals surface area (Å²) in [6, 6.07) is 0.832. The number of nitrogens with one attached hydrogen (secondary N) is 2. The maximum Gasteiger partial charge on any atom is 0.391 e. The Kier molecular flexibility index (Phi) is 7.65. The lowest BCUT2D eigenvalue weighted by Crippen LogP contribution is -2.51. The highest BCUT2D eigenvalue weighted by Crippen LogP contribution is 2.40. The quantitative estimate of drug-likeness (QED) is 0.794. The molecule has 5 atom stereocenters. The third-order valence-corrected chi connectivity index (χ3v) is 5.95. The largest absolute Gasteiger partial charge is 0.391 e. The third kappa shape index (κ3) is 5.23. The predicted octanol–water partition coefficient (Wildman–Crippen LogP) is 3.52. The number of hydrogen-bond donors (Lipinski definition) is 2. The van der Waals surface area contributed by atoms with Crippen LogP contribution in [0.15, 0.2) is 0 Å². The molecule has 0 radical (unpaired) electrons. The first-order valence-corrected chi connectivity index (χ1v) is 9.15. The molecule has 3 aliphatic rings. The first-order chi connectivity index (χ1) is 11.0. The van der Waals surface area contributed by atoms with Crippen molar-refractivity contribution in [2.45, 2.75) is 63.2 Å². The van der Waals surface area contributed by atoms with E-state index in [0.717, 1.165) is 39.1 Å². The molecule has 1 aliphatic heterocycles. The minimum absolute atomic E-state index is 0. The van der Waals surface area contributed by atoms with E-state index in [1.165, 1.54) is 12.8 Å². The lowest BCUT2D eigenvalue weighted by atomic mass is 9.80. The van der Waals surface area contributed by atoms with Crippen LogP contribution in [0, 0.1) is 17.8 Å². The van der Waals surface area contributed by atoms with Gasteiger partial charge in [-0.1, -0.05) is 12.8 Å². The zero-order valence-electron chi connectivity index (χ0n) is 14.1. The smallest absolute Gasteiger partial charge is 0.379 e. The van der Waals surface area contributed by atoms with Crippen LogP contribution in [-0.4, -0.2) is 44.6 Å². The van der Waals surface area contributed by atoms with Crippen molar-refractivity contribution in [3.63, 3.8) is 0 Å². The fraction of sp³-hybridized carbons (Fsp3) is 1.00. The third-order valence-electron chi connectivity index (χ3n) is 5.95. The summed E-state index contributed by atoms with van der Waals surface area (Å²) < 4.78 is 44.3. The van der Waals surface area contributed by atoms with Crippen molar-refractivity contribution in [2.75, 3.05) is 26.3 Å². The molecule has 0 aromatic carbocycles. The summed E-state index contributed by atoms with van der Waals surface area (Å²) in [5, 5.41) is 7.15. The van der Waals surface area contributed by atoms with E-state index < -0.39 is 12.1 Å². The molecule has 3 fully saturated rings. The van der Waals surface area contributed by atoms with Crippen LogP contribution in [0.4, 0.5) is 13.2 Å². The Bertz CT molecular complexity index is 377. The molecule has 0 aromatic heterocycles. The molecule has 7 heteroatoms. The summed E-state index contributed by atoms with van der Waals surface area (Å²) in [6.45, 7) is 3.19. The zero-order valence-corrected chi connectivity index (χ0v) is 14.9. The monoisotopic (exact) mass is 370 g/mol. The van der Waals surface area contributed by atoms with Gasteiger partial charge in [0, 0.05) is 18.6 Å². The van der Waals surface area contributed by atoms with Crippen molar-refractivity contribution in [1.29, 1.82) is 0 Å². The fourth-order valence-corrected chi connectivity index (χ4v) is 4.68. The topological polar surface area (TPSA) is 33.3 Å². The van der Waals surface area contributed by atoms with E-state index in [4.69, 9.17) is 4.74 Å². The van der Waals surface area contributed by atoms with Crippen molar-refractivity contribution in [1.82, 2.24) is 10.6 Å². The Morgan fingerprint density at radius 1 is 1.08 bits per heavy atom. The molecule has 0 aromatic rings. The summed E-state index contributed by atoms with van der Waals surface area (Å²) in [6.07, 6.45) is 1.78. The van der Waals surface area contributed by atoms with Crippen LogP contribution in [0.3, 0.4) is 0 Å². The molecule has 2 saturated carbocycles. The van der Waals surface area contributed by atoms with Gasteiger partial charge in [-0.3, -0.25) is 0 Å². The Labute approximate surface area is 148 Å². The number of rotatable bonds is 4. The van der Waals surface area contributed by atoms with E-state index in [1.54, 1.807) is 0 Å². The van der Waals surface area contributed by atoms with Gasteiger partial charge in [0.05, 0.1) is 19.1 Å². The molecule has 5 unspecified atom stereocenters. The van der Waals surface area contributed by atoms with Crippen LogP contribution in [0.2, 0.25) is 0 Å². The lowest BCUT2D eigenvalue weighted by molar-refractivity contribution is -0.185. The minimum Gasteiger partial charge on any atom is -0.379 e. The molecule has 142 valence electrons. The SMILES string of the molecule is Cl.FC(F)(F)C1CCCC(CNC2CCCC2C2COCCN2)C1. The number of morpholine rings is 1. The molecular weight excluding hydrogens is 341 g/mol. The highest BCUT2D eigenvalue weighted by atomic mass is 35.5. The summed E-state index contributed by atoms with van der Waals surface area (Å²) >= 11 is 0. The summed E-state index contributed by atoms with van der Waals surface area (Å²) in [4.78, 5) is 0. The Balaban J connectivity index is 0.00000208. The Morgan fingerprint density at radius 2 is 1.88 bits per heavy atom. The minimum atomic E-state index is -4.02. The normalized spacial score (nSPS) is 37.9. The van der Waals surface area contributed by atoms with Gasteiger partial charge in [0.25, 0.3) is 0 Å². The van der Waals surface area contributed by atoms with Crippen LogP contribution in [-0.2, 0) is 4.74 Å². The number of hydrogen-bond acceptors (Lipinski definition) is 3. The average molecular weight is 371 g/mol. The van der Waals surface area contributed by atoms with E-state index in [2.05, 4.69) is 10.6 Å². The van der Waals surface area contributed by atoms with Crippen molar-refractivity contribution in [3.8, 4) is 0 Å². The van der Waals surface area contributed by atoms with Crippen molar-refractivity contribution < 1.29 is 17.9 Å². The molecule has 0 bridgehead atoms. The molecule has 24 heavy (non-hydrogen) atoms. The van der Waals surface area contributed by atoms with E-state index in [9.17, 15) is 13.2 Å². The molecule has 2 N–H and O–H groups in total. The first-order valence-electron chi connectivity index (χ1n) is 9.15. The van der Waals surface area contributed by atoms with Gasteiger partial charge in [-0.15, -0.1) is 12.4 Å². The van der Waals surface area contributed by atoms with Gasteiger partial charge in [-0.25, -0.2) is 0 Å². The number of alkyl halides is 3. The van der Waals surface area contributed by atoms with Crippen LogP contribution in [0.5, 0.6) is 0 Å². The van der Waals surface area contributed by atoms with Crippen LogP contribution in [0.1, 0.15) is 44.9 Å². The summed E-state index contributed by atoms with van der Waals surface area (Å²) in [5.41, 5.74) is 0. The molecule has 3 nitrogen and oxygen atoms in total. The van der Waals surface area contributed by atoms with Crippen LogP contribution >= 0.6 is 12.4 Å². The molecule has 2 aliphatic carbocycles. The Morgan fingerprint density at radius 3 is 2.58 bits per heavy atom. The van der Waals surface area contributed by atoms with E-state index >= 15 is 0 Å². The van der Waals surface area contributed by atoms with Crippen molar-refractivity contribution in [2.24, 2.45) is 17.8 Å². The van der Waals surface area contributed by atoms with E-state index in [0.29, 0.717) is 37.3 Å². The van der Waals surface area contributed by atoms with E-state index in [1.807, 2.05) is 0 Å². The average Bonchev–Trinajstić information content (AvgIpc) is 3.02. The van der Waals surface area contributed by atoms with Gasteiger partial charge in [-0.2, -0.15) is 13.2 Å². The number of halogens is 4. The number of ether oxygens (including phenoxy) is 1. The van der Waals surface area contributed by atoms with Gasteiger partial charge in [0.1, 0.15) is 0 Å². The molecule has 0 amide bonds. The molecule has 3 rings (SSSR count). The van der Waals surface area contributed by atoms with Gasteiger partial charge < -0.3 is 15.4 Å². The second kappa shape index (κ2) is 9.06. The lowest BCUT2D eigenvalue weighted by Gasteiger charge is -2.35. The van der Waals surface area contributed by atoms with Crippen LogP contribution in [0.25, 0.3) is 0 Å². The second-order valence-electron chi connectivity index (χ2n) is 7.52. The van der Waals surface area contributed by atoms with Gasteiger partial charge in [-0.05, 0) is 50.5 Å². The highest BCUT2D eigenvalue weighted by molar-refractivity contribution is 5.85. The van der Waals surface area contributed by atoms with Crippen molar-refractivity contribution >= 4 is 12.4 Å². The summed E-state index contributed by atoms with van der Waals surface area (Å²) in [5.74, 6) is -0.361. The predicted molar refractivity (Wildman–Crippen MR) is 90.5 cm³/mol. The van der Waals surface area contributed by atoms with E-state index in [-0.39, 0.29) is 18.3 Å². The molecular formula is C17H30ClF3N2O. The Hall–Kier alpha value is -0.0400. The second-order valence-corrected chi connectivity index (χ2v) is 7.52. The van der Waals surface area contributed by atoms with Gasteiger partial charge >= 0.3 is 6.18 Å². The maximum absolute atomic E-state index is 12.9. The standard InChI is InChI=1S/C17H29F3N2O.ClH/c18-17(19,20)13-4-1-3-12(9-13)10-22-15-6-2-5-14(15)16-11-23-8-7-21-16;/h12-16,21-22H,1-11H2;1H. The fourth-order valence-electron chi connectivity index (χ4n) is 4.68. The van der Waals surface area contributed by atoms with Gasteiger partial charge in [0.2, 0.25) is 0 Å². The van der Waals surface area contributed by atoms with Crippen LogP contribution < -0.4 is 10.6 Å². The molecule has 0 spiro atoms. The highest BCUT2D eigenvalue weighted by Gasteiger charge is 2.42. The summed E-state index contributed by atoms with van der Waals surface area (Å²) in [7, 11) is 0. The van der Waals surface area contributed by atoms with Gasteiger partial charge in [0.15, 0.2) is 0 Å². The zero-order chi connectivity index (χ0) is 16.3.